The van der Waals surface area contributed by atoms with Crippen molar-refractivity contribution in [2.24, 2.45) is 5.92 Å². The average Bonchev–Trinajstić information content (AvgIpc) is 3.33. The van der Waals surface area contributed by atoms with Crippen LogP contribution in [0.2, 0.25) is 5.02 Å². The smallest absolute Gasteiger partial charge is 0.272 e. The number of carbonyl (C=O) groups excluding carboxylic acids is 1. The number of aromatic nitrogens is 2. The molecule has 5 nitrogen and oxygen atoms in total. The zero-order chi connectivity index (χ0) is 17.2. The molecule has 1 saturated heterocycles. The van der Waals surface area contributed by atoms with E-state index in [2.05, 4.69) is 20.4 Å². The molecule has 1 N–H and O–H groups in total. The van der Waals surface area contributed by atoms with Crippen molar-refractivity contribution < 1.29 is 4.79 Å². The Balaban J connectivity index is 1.46. The minimum absolute atomic E-state index is 0.00447. The van der Waals surface area contributed by atoms with Crippen LogP contribution >= 0.6 is 11.6 Å². The van der Waals surface area contributed by atoms with Crippen LogP contribution in [0.5, 0.6) is 0 Å². The van der Waals surface area contributed by atoms with Crippen LogP contribution in [-0.2, 0) is 0 Å². The molecule has 25 heavy (non-hydrogen) atoms. The Kier molecular flexibility index (Phi) is 4.57. The molecular weight excluding hydrogens is 336 g/mol. The van der Waals surface area contributed by atoms with Crippen molar-refractivity contribution in [3.05, 3.63) is 52.7 Å². The fourth-order valence-electron chi connectivity index (χ4n) is 3.35. The number of amides is 1. The van der Waals surface area contributed by atoms with Gasteiger partial charge in [0.25, 0.3) is 5.91 Å². The summed E-state index contributed by atoms with van der Waals surface area (Å²) in [6.07, 6.45) is 4.64. The lowest BCUT2D eigenvalue weighted by Crippen LogP contribution is -2.31. The molecule has 2 aliphatic rings. The quantitative estimate of drug-likeness (QED) is 0.889. The topological polar surface area (TPSA) is 58.1 Å². The molecule has 0 radical (unpaired) electrons. The molecule has 130 valence electrons. The molecule has 0 unspecified atom stereocenters. The zero-order valence-corrected chi connectivity index (χ0v) is 14.7. The second kappa shape index (κ2) is 7.00. The Bertz CT molecular complexity index is 737. The van der Waals surface area contributed by atoms with Gasteiger partial charge in [-0.1, -0.05) is 23.7 Å². The molecule has 1 aliphatic heterocycles. The predicted molar refractivity (Wildman–Crippen MR) is 97.9 cm³/mol. The van der Waals surface area contributed by atoms with Crippen molar-refractivity contribution in [3.63, 3.8) is 0 Å². The van der Waals surface area contributed by atoms with E-state index in [1.165, 1.54) is 12.8 Å². The van der Waals surface area contributed by atoms with E-state index in [1.807, 2.05) is 30.3 Å². The summed E-state index contributed by atoms with van der Waals surface area (Å²) in [6.45, 7) is 2.03. The Hall–Kier alpha value is -2.14. The fourth-order valence-corrected chi connectivity index (χ4v) is 3.48. The summed E-state index contributed by atoms with van der Waals surface area (Å²) in [5, 5.41) is 12.2. The second-order valence-corrected chi connectivity index (χ2v) is 7.25. The van der Waals surface area contributed by atoms with Gasteiger partial charge in [0.05, 0.1) is 6.04 Å². The largest absolute Gasteiger partial charge is 0.355 e. The maximum atomic E-state index is 12.6. The molecule has 2 fully saturated rings. The van der Waals surface area contributed by atoms with Gasteiger partial charge >= 0.3 is 0 Å². The van der Waals surface area contributed by atoms with Gasteiger partial charge < -0.3 is 10.2 Å². The molecule has 1 saturated carbocycles. The number of hydrogen-bond donors (Lipinski definition) is 1. The van der Waals surface area contributed by atoms with Crippen LogP contribution in [0, 0.1) is 5.92 Å². The first kappa shape index (κ1) is 16.3. The van der Waals surface area contributed by atoms with Crippen molar-refractivity contribution in [2.45, 2.75) is 31.7 Å². The van der Waals surface area contributed by atoms with Gasteiger partial charge in [0, 0.05) is 18.1 Å². The normalized spacial score (nSPS) is 18.2. The van der Waals surface area contributed by atoms with Crippen LogP contribution in [0.1, 0.15) is 47.8 Å². The highest BCUT2D eigenvalue weighted by atomic mass is 35.5. The van der Waals surface area contributed by atoms with Crippen molar-refractivity contribution in [1.29, 1.82) is 0 Å². The van der Waals surface area contributed by atoms with Crippen molar-refractivity contribution in [1.82, 2.24) is 15.5 Å². The van der Waals surface area contributed by atoms with Gasteiger partial charge in [0.15, 0.2) is 11.5 Å². The number of nitrogens with one attached hydrogen (secondary N) is 1. The van der Waals surface area contributed by atoms with Crippen LogP contribution < -0.4 is 10.2 Å². The summed E-state index contributed by atoms with van der Waals surface area (Å²) in [7, 11) is 0. The minimum Gasteiger partial charge on any atom is -0.355 e. The van der Waals surface area contributed by atoms with Gasteiger partial charge in [0.1, 0.15) is 0 Å². The third-order valence-corrected chi connectivity index (χ3v) is 5.17. The van der Waals surface area contributed by atoms with Crippen LogP contribution in [-0.4, -0.2) is 29.2 Å². The minimum atomic E-state index is -0.174. The number of nitrogens with zero attached hydrogens (tertiary/aromatic N) is 3. The highest BCUT2D eigenvalue weighted by molar-refractivity contribution is 6.30. The van der Waals surface area contributed by atoms with E-state index < -0.39 is 0 Å². The SMILES string of the molecule is O=C(N[C@@H](c1ccc(Cl)cc1)C1CC1)c1ccc(N2CCCC2)nn1. The Labute approximate surface area is 152 Å². The Morgan fingerprint density at radius 3 is 2.40 bits per heavy atom. The number of anilines is 1. The molecule has 1 aromatic heterocycles. The van der Waals surface area contributed by atoms with Crippen LogP contribution in [0.25, 0.3) is 0 Å². The van der Waals surface area contributed by atoms with Gasteiger partial charge in [-0.15, -0.1) is 10.2 Å². The maximum absolute atomic E-state index is 12.6. The lowest BCUT2D eigenvalue weighted by molar-refractivity contribution is 0.0925. The zero-order valence-electron chi connectivity index (χ0n) is 14.0. The van der Waals surface area contributed by atoms with Gasteiger partial charge in [-0.2, -0.15) is 0 Å². The molecule has 1 aliphatic carbocycles. The predicted octanol–water partition coefficient (Wildman–Crippen LogP) is 3.61. The van der Waals surface area contributed by atoms with E-state index in [-0.39, 0.29) is 11.9 Å². The number of halogens is 1. The fraction of sp³-hybridized carbons (Fsp3) is 0.421. The highest BCUT2D eigenvalue weighted by Gasteiger charge is 2.33. The lowest BCUT2D eigenvalue weighted by atomic mass is 10.0. The van der Waals surface area contributed by atoms with Crippen molar-refractivity contribution in [2.75, 3.05) is 18.0 Å². The van der Waals surface area contributed by atoms with Gasteiger partial charge in [-0.25, -0.2) is 0 Å². The molecule has 2 aromatic rings. The van der Waals surface area contributed by atoms with Crippen LogP contribution in [0.3, 0.4) is 0 Å². The summed E-state index contributed by atoms with van der Waals surface area (Å²) in [4.78, 5) is 14.8. The van der Waals surface area contributed by atoms with E-state index in [0.717, 1.165) is 37.3 Å². The van der Waals surface area contributed by atoms with E-state index in [9.17, 15) is 4.79 Å². The average molecular weight is 357 g/mol. The number of carbonyl (C=O) groups is 1. The molecular formula is C19H21ClN4O. The van der Waals surface area contributed by atoms with E-state index >= 15 is 0 Å². The first-order chi connectivity index (χ1) is 12.2. The molecule has 6 heteroatoms. The Morgan fingerprint density at radius 2 is 1.80 bits per heavy atom. The standard InChI is InChI=1S/C19H21ClN4O/c20-15-7-5-14(6-8-15)18(13-3-4-13)21-19(25)16-9-10-17(23-22-16)24-11-1-2-12-24/h5-10,13,18H,1-4,11-12H2,(H,21,25)/t18-/m1/s1. The summed E-state index contributed by atoms with van der Waals surface area (Å²) in [6, 6.07) is 11.3. The Morgan fingerprint density at radius 1 is 1.08 bits per heavy atom. The van der Waals surface area contributed by atoms with Gasteiger partial charge in [-0.3, -0.25) is 4.79 Å². The van der Waals surface area contributed by atoms with E-state index in [0.29, 0.717) is 16.6 Å². The van der Waals surface area contributed by atoms with Crippen molar-refractivity contribution >= 4 is 23.3 Å². The third-order valence-electron chi connectivity index (χ3n) is 4.92. The van der Waals surface area contributed by atoms with Crippen LogP contribution in [0.4, 0.5) is 5.82 Å². The number of benzene rings is 1. The second-order valence-electron chi connectivity index (χ2n) is 6.81. The molecule has 1 aromatic carbocycles. The van der Waals surface area contributed by atoms with Crippen LogP contribution in [0.15, 0.2) is 36.4 Å². The number of rotatable bonds is 5. The van der Waals surface area contributed by atoms with Crippen molar-refractivity contribution in [3.8, 4) is 0 Å². The summed E-state index contributed by atoms with van der Waals surface area (Å²) in [5.74, 6) is 1.17. The number of hydrogen-bond acceptors (Lipinski definition) is 4. The maximum Gasteiger partial charge on any atom is 0.272 e. The lowest BCUT2D eigenvalue weighted by Gasteiger charge is -2.19. The molecule has 0 bridgehead atoms. The summed E-state index contributed by atoms with van der Waals surface area (Å²) < 4.78 is 0. The highest BCUT2D eigenvalue weighted by Crippen LogP contribution is 2.41. The van der Waals surface area contributed by atoms with Gasteiger partial charge in [-0.05, 0) is 61.4 Å². The van der Waals surface area contributed by atoms with E-state index in [4.69, 9.17) is 11.6 Å². The molecule has 1 amide bonds. The summed E-state index contributed by atoms with van der Waals surface area (Å²) >= 11 is 5.97. The van der Waals surface area contributed by atoms with Gasteiger partial charge in [0.2, 0.25) is 0 Å². The first-order valence-electron chi connectivity index (χ1n) is 8.86. The summed E-state index contributed by atoms with van der Waals surface area (Å²) in [5.41, 5.74) is 1.45. The molecule has 2 heterocycles. The van der Waals surface area contributed by atoms with E-state index in [1.54, 1.807) is 6.07 Å². The molecule has 4 rings (SSSR count). The molecule has 1 atom stereocenters. The third kappa shape index (κ3) is 3.76. The molecule has 0 spiro atoms. The monoisotopic (exact) mass is 356 g/mol. The first-order valence-corrected chi connectivity index (χ1v) is 9.23.